The largest absolute Gasteiger partial charge is 0.361 e. The first kappa shape index (κ1) is 26.2. The summed E-state index contributed by atoms with van der Waals surface area (Å²) in [5.41, 5.74) is 8.34. The van der Waals surface area contributed by atoms with Crippen LogP contribution in [-0.4, -0.2) is 57.0 Å². The van der Waals surface area contributed by atoms with Crippen molar-refractivity contribution in [3.05, 3.63) is 82.6 Å². The van der Waals surface area contributed by atoms with Crippen LogP contribution in [0.3, 0.4) is 0 Å². The van der Waals surface area contributed by atoms with E-state index in [1.807, 2.05) is 37.5 Å². The summed E-state index contributed by atoms with van der Waals surface area (Å²) in [5.74, 6) is 0. The van der Waals surface area contributed by atoms with E-state index in [1.54, 1.807) is 6.20 Å². The van der Waals surface area contributed by atoms with Crippen LogP contribution in [-0.2, 0) is 6.54 Å². The molecule has 40 heavy (non-hydrogen) atoms. The number of aromatic nitrogens is 3. The summed E-state index contributed by atoms with van der Waals surface area (Å²) < 4.78 is 0. The van der Waals surface area contributed by atoms with Gasteiger partial charge >= 0.3 is 0 Å². The molecule has 0 unspecified atom stereocenters. The van der Waals surface area contributed by atoms with Gasteiger partial charge in [0.05, 0.1) is 16.9 Å². The third-order valence-corrected chi connectivity index (χ3v) is 8.59. The molecule has 0 bridgehead atoms. The lowest BCUT2D eigenvalue weighted by Gasteiger charge is -2.36. The zero-order valence-corrected chi connectivity index (χ0v) is 23.5. The Morgan fingerprint density at radius 3 is 2.58 bits per heavy atom. The second kappa shape index (κ2) is 11.6. The van der Waals surface area contributed by atoms with Gasteiger partial charge in [0, 0.05) is 59.0 Å². The number of H-pyrrole nitrogens is 1. The first-order valence-electron chi connectivity index (χ1n) is 14.4. The minimum absolute atomic E-state index is 0.510. The Bertz CT molecular complexity index is 1550. The molecule has 0 saturated carbocycles. The SMILES string of the molecule is Cc1ncc(C#N)c(Nc2ccc3[nH]ccc3c2C)c1C=Cc1ccc(CN2CCC(N3CCCC3)CC2)cn1. The van der Waals surface area contributed by atoms with Crippen LogP contribution < -0.4 is 5.32 Å². The van der Waals surface area contributed by atoms with Gasteiger partial charge in [-0.3, -0.25) is 14.9 Å². The number of nitriles is 1. The quantitative estimate of drug-likeness (QED) is 0.286. The fraction of sp³-hybridized carbons (Fsp3) is 0.364. The van der Waals surface area contributed by atoms with E-state index in [9.17, 15) is 5.26 Å². The number of aromatic amines is 1. The molecule has 5 heterocycles. The Morgan fingerprint density at radius 2 is 1.82 bits per heavy atom. The Balaban J connectivity index is 1.16. The number of likely N-dealkylation sites (tertiary alicyclic amines) is 2. The number of hydrogen-bond acceptors (Lipinski definition) is 6. The van der Waals surface area contributed by atoms with Gasteiger partial charge in [-0.25, -0.2) is 0 Å². The molecule has 6 rings (SSSR count). The number of rotatable bonds is 7. The van der Waals surface area contributed by atoms with E-state index in [-0.39, 0.29) is 0 Å². The van der Waals surface area contributed by atoms with Gasteiger partial charge in [-0.1, -0.05) is 6.07 Å². The predicted octanol–water partition coefficient (Wildman–Crippen LogP) is 6.42. The molecule has 2 aliphatic heterocycles. The maximum atomic E-state index is 9.86. The minimum atomic E-state index is 0.510. The van der Waals surface area contributed by atoms with Gasteiger partial charge in [-0.15, -0.1) is 0 Å². The molecule has 0 aliphatic carbocycles. The number of benzene rings is 1. The molecule has 204 valence electrons. The van der Waals surface area contributed by atoms with Crippen LogP contribution >= 0.6 is 0 Å². The maximum absolute atomic E-state index is 9.86. The number of pyridine rings is 2. The summed E-state index contributed by atoms with van der Waals surface area (Å²) in [6, 6.07) is 13.5. The predicted molar refractivity (Wildman–Crippen MR) is 162 cm³/mol. The summed E-state index contributed by atoms with van der Waals surface area (Å²) in [4.78, 5) is 17.7. The van der Waals surface area contributed by atoms with Crippen molar-refractivity contribution in [1.29, 1.82) is 5.26 Å². The lowest BCUT2D eigenvalue weighted by Crippen LogP contribution is -2.43. The van der Waals surface area contributed by atoms with Crippen LogP contribution in [0.4, 0.5) is 11.4 Å². The zero-order chi connectivity index (χ0) is 27.5. The van der Waals surface area contributed by atoms with Crippen molar-refractivity contribution in [2.75, 3.05) is 31.5 Å². The average Bonchev–Trinajstić information content (AvgIpc) is 3.69. The van der Waals surface area contributed by atoms with Gasteiger partial charge in [-0.05, 0) is 113 Å². The third-order valence-electron chi connectivity index (χ3n) is 8.59. The van der Waals surface area contributed by atoms with Crippen molar-refractivity contribution < 1.29 is 0 Å². The highest BCUT2D eigenvalue weighted by molar-refractivity contribution is 5.90. The van der Waals surface area contributed by atoms with Crippen molar-refractivity contribution in [3.8, 4) is 6.07 Å². The van der Waals surface area contributed by atoms with Crippen molar-refractivity contribution in [2.24, 2.45) is 0 Å². The van der Waals surface area contributed by atoms with E-state index >= 15 is 0 Å². The van der Waals surface area contributed by atoms with Gasteiger partial charge in [0.15, 0.2) is 0 Å². The van der Waals surface area contributed by atoms with Crippen LogP contribution in [0.5, 0.6) is 0 Å². The molecule has 0 amide bonds. The summed E-state index contributed by atoms with van der Waals surface area (Å²) >= 11 is 0. The minimum Gasteiger partial charge on any atom is -0.361 e. The smallest absolute Gasteiger partial charge is 0.103 e. The number of nitrogens with one attached hydrogen (secondary N) is 2. The fourth-order valence-electron chi connectivity index (χ4n) is 6.20. The fourth-order valence-corrected chi connectivity index (χ4v) is 6.20. The first-order valence-corrected chi connectivity index (χ1v) is 14.4. The van der Waals surface area contributed by atoms with Crippen LogP contribution in [0.2, 0.25) is 0 Å². The number of hydrogen-bond donors (Lipinski definition) is 2. The average molecular weight is 532 g/mol. The van der Waals surface area contributed by atoms with E-state index in [1.165, 1.54) is 44.3 Å². The molecular weight excluding hydrogens is 494 g/mol. The number of fused-ring (bicyclic) bond motifs is 1. The van der Waals surface area contributed by atoms with Gasteiger partial charge in [0.25, 0.3) is 0 Å². The van der Waals surface area contributed by atoms with Crippen molar-refractivity contribution >= 4 is 34.4 Å². The second-order valence-electron chi connectivity index (χ2n) is 11.1. The van der Waals surface area contributed by atoms with Crippen LogP contribution in [0.15, 0.2) is 48.9 Å². The summed E-state index contributed by atoms with van der Waals surface area (Å²) in [6.07, 6.45) is 14.9. The van der Waals surface area contributed by atoms with Crippen molar-refractivity contribution in [3.63, 3.8) is 0 Å². The lowest BCUT2D eigenvalue weighted by molar-refractivity contribution is 0.122. The highest BCUT2D eigenvalue weighted by Gasteiger charge is 2.26. The second-order valence-corrected chi connectivity index (χ2v) is 11.1. The molecule has 7 nitrogen and oxygen atoms in total. The highest BCUT2D eigenvalue weighted by Crippen LogP contribution is 2.32. The van der Waals surface area contributed by atoms with Crippen LogP contribution in [0, 0.1) is 25.2 Å². The summed E-state index contributed by atoms with van der Waals surface area (Å²) in [5, 5.41) is 14.6. The summed E-state index contributed by atoms with van der Waals surface area (Å²) in [6.45, 7) is 9.93. The van der Waals surface area contributed by atoms with Crippen LogP contribution in [0.1, 0.15) is 59.3 Å². The van der Waals surface area contributed by atoms with E-state index in [0.717, 1.165) is 70.5 Å². The Morgan fingerprint density at radius 1 is 1.00 bits per heavy atom. The van der Waals surface area contributed by atoms with E-state index in [2.05, 4.69) is 62.3 Å². The Labute approximate surface area is 236 Å². The van der Waals surface area contributed by atoms with Gasteiger partial charge < -0.3 is 15.2 Å². The number of anilines is 2. The highest BCUT2D eigenvalue weighted by atomic mass is 15.2. The number of aryl methyl sites for hydroxylation is 2. The Hall–Kier alpha value is -3.99. The van der Waals surface area contributed by atoms with Gasteiger partial charge in [0.1, 0.15) is 6.07 Å². The van der Waals surface area contributed by atoms with Crippen molar-refractivity contribution in [2.45, 2.75) is 52.1 Å². The molecule has 0 atom stereocenters. The third kappa shape index (κ3) is 5.51. The van der Waals surface area contributed by atoms with E-state index < -0.39 is 0 Å². The molecule has 1 aromatic carbocycles. The molecule has 2 N–H and O–H groups in total. The first-order chi connectivity index (χ1) is 19.6. The lowest BCUT2D eigenvalue weighted by atomic mass is 10.0. The van der Waals surface area contributed by atoms with E-state index in [0.29, 0.717) is 5.56 Å². The monoisotopic (exact) mass is 531 g/mol. The standard InChI is InChI=1S/C33H37N7/c1-23-29-11-14-35-32(29)10-9-31(23)38-33-26(19-34)21-36-24(2)30(33)8-7-27-6-5-25(20-37-27)22-39-17-12-28(13-18-39)40-15-3-4-16-40/h5-11,14,20-21,28,35H,3-4,12-13,15-18,22H2,1-2H3,(H,36,38). The normalized spacial score (nSPS) is 17.1. The number of nitrogens with zero attached hydrogens (tertiary/aromatic N) is 5. The Kier molecular flexibility index (Phi) is 7.63. The molecule has 2 saturated heterocycles. The zero-order valence-electron chi connectivity index (χ0n) is 23.5. The molecule has 0 radical (unpaired) electrons. The number of piperidine rings is 1. The molecule has 2 fully saturated rings. The molecule has 3 aromatic heterocycles. The van der Waals surface area contributed by atoms with Crippen molar-refractivity contribution in [1.82, 2.24) is 24.8 Å². The maximum Gasteiger partial charge on any atom is 0.103 e. The molecule has 7 heteroatoms. The molecule has 0 spiro atoms. The molecular formula is C33H37N7. The van der Waals surface area contributed by atoms with Gasteiger partial charge in [-0.2, -0.15) is 5.26 Å². The topological polar surface area (TPSA) is 83.9 Å². The van der Waals surface area contributed by atoms with Crippen LogP contribution in [0.25, 0.3) is 23.1 Å². The molecule has 2 aliphatic rings. The molecule has 4 aromatic rings. The van der Waals surface area contributed by atoms with Gasteiger partial charge in [0.2, 0.25) is 0 Å². The van der Waals surface area contributed by atoms with E-state index in [4.69, 9.17) is 4.98 Å². The summed E-state index contributed by atoms with van der Waals surface area (Å²) in [7, 11) is 0.